The molecule has 0 aliphatic carbocycles. The van der Waals surface area contributed by atoms with Crippen LogP contribution in [-0.4, -0.2) is 43.4 Å². The van der Waals surface area contributed by atoms with Crippen molar-refractivity contribution in [1.29, 1.82) is 0 Å². The number of benzene rings is 1. The molecule has 1 saturated heterocycles. The number of ketones is 1. The maximum Gasteiger partial charge on any atom is 0.293 e. The Bertz CT molecular complexity index is 522. The van der Waals surface area contributed by atoms with Crippen molar-refractivity contribution >= 4 is 17.2 Å². The zero-order valence-electron chi connectivity index (χ0n) is 11.9. The van der Waals surface area contributed by atoms with Gasteiger partial charge in [-0.25, -0.2) is 0 Å². The molecule has 0 aromatic heterocycles. The molecule has 0 amide bonds. The minimum Gasteiger partial charge on any atom is -0.355 e. The summed E-state index contributed by atoms with van der Waals surface area (Å²) in [4.78, 5) is 25.7. The molecule has 1 aromatic rings. The van der Waals surface area contributed by atoms with Crippen molar-refractivity contribution < 1.29 is 14.6 Å². The van der Waals surface area contributed by atoms with Crippen molar-refractivity contribution in [2.45, 2.75) is 13.8 Å². The lowest BCUT2D eigenvalue weighted by Crippen LogP contribution is -3.14. The largest absolute Gasteiger partial charge is 0.355 e. The molecule has 0 radical (unpaired) electrons. The number of Topliss-reactive ketones (excluding diaryl/α,β-unsaturated/α-hetero) is 1. The number of hydrogen-bond acceptors (Lipinski definition) is 4. The summed E-state index contributed by atoms with van der Waals surface area (Å²) in [7, 11) is 0. The normalized spacial score (nSPS) is 16.2. The van der Waals surface area contributed by atoms with Crippen LogP contribution in [0.1, 0.15) is 24.2 Å². The number of piperazine rings is 1. The van der Waals surface area contributed by atoms with Gasteiger partial charge >= 0.3 is 0 Å². The Balaban J connectivity index is 2.27. The van der Waals surface area contributed by atoms with Crippen molar-refractivity contribution in [2.24, 2.45) is 0 Å². The average molecular weight is 278 g/mol. The number of nitrogens with one attached hydrogen (secondary N) is 1. The summed E-state index contributed by atoms with van der Waals surface area (Å²) in [5, 5.41) is 11.2. The highest BCUT2D eigenvalue weighted by Gasteiger charge is 2.25. The van der Waals surface area contributed by atoms with Crippen molar-refractivity contribution in [3.8, 4) is 0 Å². The van der Waals surface area contributed by atoms with Gasteiger partial charge in [-0.2, -0.15) is 0 Å². The van der Waals surface area contributed by atoms with E-state index in [1.165, 1.54) is 17.9 Å². The number of anilines is 1. The van der Waals surface area contributed by atoms with Crippen LogP contribution in [0.2, 0.25) is 0 Å². The maximum atomic E-state index is 11.4. The van der Waals surface area contributed by atoms with E-state index in [1.54, 1.807) is 12.1 Å². The lowest BCUT2D eigenvalue weighted by atomic mass is 10.1. The molecule has 1 aliphatic heterocycles. The Morgan fingerprint density at radius 1 is 1.40 bits per heavy atom. The monoisotopic (exact) mass is 278 g/mol. The fraction of sp³-hybridized carbons (Fsp3) is 0.500. The molecule has 1 N–H and O–H groups in total. The average Bonchev–Trinajstić information content (AvgIpc) is 2.46. The van der Waals surface area contributed by atoms with E-state index in [-0.39, 0.29) is 11.5 Å². The Morgan fingerprint density at radius 3 is 2.55 bits per heavy atom. The quantitative estimate of drug-likeness (QED) is 0.495. The number of likely N-dealkylation sites (N-methyl/N-ethyl adjacent to an activating group) is 1. The molecule has 6 heteroatoms. The first-order valence-corrected chi connectivity index (χ1v) is 6.90. The molecule has 1 aromatic carbocycles. The summed E-state index contributed by atoms with van der Waals surface area (Å²) in [6.45, 7) is 8.24. The molecule has 108 valence electrons. The number of quaternary nitrogens is 1. The zero-order valence-corrected chi connectivity index (χ0v) is 11.9. The highest BCUT2D eigenvalue weighted by molar-refractivity contribution is 5.95. The summed E-state index contributed by atoms with van der Waals surface area (Å²) in [5.41, 5.74) is 1.03. The highest BCUT2D eigenvalue weighted by Crippen LogP contribution is 2.29. The van der Waals surface area contributed by atoms with Gasteiger partial charge in [-0.3, -0.25) is 14.9 Å². The molecule has 20 heavy (non-hydrogen) atoms. The van der Waals surface area contributed by atoms with E-state index in [1.807, 2.05) is 4.90 Å². The first kappa shape index (κ1) is 14.5. The second kappa shape index (κ2) is 6.00. The molecule has 0 atom stereocenters. The molecule has 1 aliphatic rings. The number of carbonyl (C=O) groups excluding carboxylic acids is 1. The van der Waals surface area contributed by atoms with Crippen LogP contribution in [0.15, 0.2) is 18.2 Å². The molecular formula is C14H20N3O3+. The van der Waals surface area contributed by atoms with Crippen LogP contribution in [-0.2, 0) is 0 Å². The van der Waals surface area contributed by atoms with Gasteiger partial charge in [0, 0.05) is 11.6 Å². The number of nitro benzene ring substituents is 1. The van der Waals surface area contributed by atoms with E-state index in [0.717, 1.165) is 32.7 Å². The molecular weight excluding hydrogens is 258 g/mol. The summed E-state index contributed by atoms with van der Waals surface area (Å²) in [5.74, 6) is -0.153. The van der Waals surface area contributed by atoms with E-state index in [9.17, 15) is 14.9 Å². The summed E-state index contributed by atoms with van der Waals surface area (Å²) < 4.78 is 0. The van der Waals surface area contributed by atoms with Crippen LogP contribution in [0.5, 0.6) is 0 Å². The second-order valence-electron chi connectivity index (χ2n) is 5.11. The molecule has 0 bridgehead atoms. The van der Waals surface area contributed by atoms with E-state index in [2.05, 4.69) is 6.92 Å². The van der Waals surface area contributed by atoms with Crippen molar-refractivity contribution in [3.63, 3.8) is 0 Å². The van der Waals surface area contributed by atoms with Gasteiger partial charge in [0.15, 0.2) is 5.78 Å². The molecule has 0 spiro atoms. The molecule has 1 fully saturated rings. The summed E-state index contributed by atoms with van der Waals surface area (Å²) in [6.07, 6.45) is 0. The minimum atomic E-state index is -0.402. The third-order valence-corrected chi connectivity index (χ3v) is 3.89. The predicted molar refractivity (Wildman–Crippen MR) is 76.6 cm³/mol. The van der Waals surface area contributed by atoms with Gasteiger partial charge in [0.25, 0.3) is 5.69 Å². The van der Waals surface area contributed by atoms with Gasteiger partial charge in [0.2, 0.25) is 0 Å². The number of hydrogen-bond donors (Lipinski definition) is 1. The Labute approximate surface area is 118 Å². The molecule has 1 heterocycles. The van der Waals surface area contributed by atoms with E-state index < -0.39 is 4.92 Å². The van der Waals surface area contributed by atoms with E-state index >= 15 is 0 Å². The molecule has 0 unspecified atom stereocenters. The third kappa shape index (κ3) is 2.96. The Morgan fingerprint density at radius 2 is 2.05 bits per heavy atom. The van der Waals surface area contributed by atoms with Gasteiger partial charge in [0.05, 0.1) is 37.6 Å². The van der Waals surface area contributed by atoms with Crippen LogP contribution in [0.25, 0.3) is 0 Å². The van der Waals surface area contributed by atoms with Crippen LogP contribution in [0.3, 0.4) is 0 Å². The second-order valence-corrected chi connectivity index (χ2v) is 5.11. The molecule has 2 rings (SSSR count). The zero-order chi connectivity index (χ0) is 14.7. The summed E-state index contributed by atoms with van der Waals surface area (Å²) in [6, 6.07) is 4.76. The molecule has 6 nitrogen and oxygen atoms in total. The fourth-order valence-corrected chi connectivity index (χ4v) is 2.57. The van der Waals surface area contributed by atoms with Gasteiger partial charge in [-0.1, -0.05) is 0 Å². The Kier molecular flexibility index (Phi) is 4.34. The predicted octanol–water partition coefficient (Wildman–Crippen LogP) is 0.522. The van der Waals surface area contributed by atoms with Crippen molar-refractivity contribution in [2.75, 3.05) is 37.6 Å². The van der Waals surface area contributed by atoms with Crippen LogP contribution in [0, 0.1) is 10.1 Å². The lowest BCUT2D eigenvalue weighted by molar-refractivity contribution is -0.898. The van der Waals surface area contributed by atoms with Crippen LogP contribution < -0.4 is 9.80 Å². The van der Waals surface area contributed by atoms with Crippen molar-refractivity contribution in [3.05, 3.63) is 33.9 Å². The van der Waals surface area contributed by atoms with Crippen LogP contribution >= 0.6 is 0 Å². The smallest absolute Gasteiger partial charge is 0.293 e. The van der Waals surface area contributed by atoms with E-state index in [0.29, 0.717) is 11.3 Å². The van der Waals surface area contributed by atoms with Gasteiger partial charge in [-0.05, 0) is 26.0 Å². The van der Waals surface area contributed by atoms with E-state index in [4.69, 9.17) is 0 Å². The number of carbonyl (C=O) groups is 1. The number of nitrogens with zero attached hydrogens (tertiary/aromatic N) is 2. The molecule has 0 saturated carbocycles. The third-order valence-electron chi connectivity index (χ3n) is 3.89. The van der Waals surface area contributed by atoms with Gasteiger partial charge in [0.1, 0.15) is 5.69 Å². The number of nitro groups is 1. The topological polar surface area (TPSA) is 67.9 Å². The first-order valence-electron chi connectivity index (χ1n) is 6.90. The standard InChI is InChI=1S/C14H19N3O3/c1-3-15-6-8-16(9-7-15)13-5-4-12(11(2)18)10-14(13)17(19)20/h4-5,10H,3,6-9H2,1-2H3/p+1. The minimum absolute atomic E-state index is 0.0256. The number of rotatable bonds is 4. The van der Waals surface area contributed by atoms with Gasteiger partial charge in [-0.15, -0.1) is 0 Å². The summed E-state index contributed by atoms with van der Waals surface area (Å²) >= 11 is 0. The van der Waals surface area contributed by atoms with Crippen molar-refractivity contribution in [1.82, 2.24) is 0 Å². The SMILES string of the molecule is CC[NH+]1CCN(c2ccc(C(C)=O)cc2[N+](=O)[O-])CC1. The van der Waals surface area contributed by atoms with Crippen LogP contribution in [0.4, 0.5) is 11.4 Å². The highest BCUT2D eigenvalue weighted by atomic mass is 16.6. The maximum absolute atomic E-state index is 11.4. The fourth-order valence-electron chi connectivity index (χ4n) is 2.57. The lowest BCUT2D eigenvalue weighted by Gasteiger charge is -2.32. The van der Waals surface area contributed by atoms with Gasteiger partial charge < -0.3 is 9.80 Å². The Hall–Kier alpha value is -1.95. The first-order chi connectivity index (χ1) is 9.52.